The SMILES string of the molecule is CCOC(=O)c1cnn(-c2ccc(C(=O)NCC3(N(C)C)CCCC3)cc2)c1C(F)(F)F. The Kier molecular flexibility index (Phi) is 6.92. The molecule has 0 atom stereocenters. The highest BCUT2D eigenvalue weighted by Crippen LogP contribution is 2.34. The van der Waals surface area contributed by atoms with Crippen molar-refractivity contribution in [1.82, 2.24) is 20.0 Å². The summed E-state index contributed by atoms with van der Waals surface area (Å²) >= 11 is 0. The minimum Gasteiger partial charge on any atom is -0.462 e. The molecule has 0 spiro atoms. The van der Waals surface area contributed by atoms with Gasteiger partial charge in [-0.1, -0.05) is 12.8 Å². The summed E-state index contributed by atoms with van der Waals surface area (Å²) in [6.07, 6.45) is 0.243. The van der Waals surface area contributed by atoms with Gasteiger partial charge in [-0.2, -0.15) is 18.3 Å². The van der Waals surface area contributed by atoms with Gasteiger partial charge in [0.1, 0.15) is 5.56 Å². The zero-order chi connectivity index (χ0) is 23.5. The van der Waals surface area contributed by atoms with E-state index in [9.17, 15) is 22.8 Å². The lowest BCUT2D eigenvalue weighted by molar-refractivity contribution is -0.143. The predicted molar refractivity (Wildman–Crippen MR) is 112 cm³/mol. The number of alkyl halides is 3. The molecule has 1 amide bonds. The fourth-order valence-corrected chi connectivity index (χ4v) is 4.09. The van der Waals surface area contributed by atoms with Crippen molar-refractivity contribution >= 4 is 11.9 Å². The Morgan fingerprint density at radius 1 is 1.19 bits per heavy atom. The number of esters is 1. The van der Waals surface area contributed by atoms with Gasteiger partial charge in [-0.05, 0) is 58.1 Å². The second-order valence-corrected chi connectivity index (χ2v) is 8.09. The molecule has 1 aliphatic rings. The number of ether oxygens (including phenoxy) is 1. The number of hydrogen-bond acceptors (Lipinski definition) is 5. The topological polar surface area (TPSA) is 76.5 Å². The van der Waals surface area contributed by atoms with Crippen LogP contribution in [0.5, 0.6) is 0 Å². The third-order valence-electron chi connectivity index (χ3n) is 5.97. The van der Waals surface area contributed by atoms with E-state index in [4.69, 9.17) is 4.74 Å². The Balaban J connectivity index is 1.80. The molecular formula is C22H27F3N4O3. The van der Waals surface area contributed by atoms with Crippen molar-refractivity contribution in [2.75, 3.05) is 27.2 Å². The van der Waals surface area contributed by atoms with Crippen molar-refractivity contribution < 1.29 is 27.5 Å². The first-order valence-electron chi connectivity index (χ1n) is 10.5. The number of hydrogen-bond donors (Lipinski definition) is 1. The van der Waals surface area contributed by atoms with Crippen LogP contribution < -0.4 is 5.32 Å². The number of nitrogens with zero attached hydrogens (tertiary/aromatic N) is 3. The molecule has 0 saturated heterocycles. The average molecular weight is 452 g/mol. The van der Waals surface area contributed by atoms with Crippen LogP contribution in [0, 0.1) is 0 Å². The minimum atomic E-state index is -4.82. The molecule has 0 bridgehead atoms. The van der Waals surface area contributed by atoms with E-state index in [1.807, 2.05) is 14.1 Å². The van der Waals surface area contributed by atoms with E-state index in [1.165, 1.54) is 31.2 Å². The molecule has 0 unspecified atom stereocenters. The molecule has 0 radical (unpaired) electrons. The largest absolute Gasteiger partial charge is 0.462 e. The molecule has 10 heteroatoms. The molecule has 3 rings (SSSR count). The van der Waals surface area contributed by atoms with E-state index in [0.29, 0.717) is 16.8 Å². The van der Waals surface area contributed by atoms with Crippen LogP contribution in [0.25, 0.3) is 5.69 Å². The Morgan fingerprint density at radius 3 is 2.34 bits per heavy atom. The highest BCUT2D eigenvalue weighted by Gasteiger charge is 2.41. The zero-order valence-corrected chi connectivity index (χ0v) is 18.3. The molecule has 1 N–H and O–H groups in total. The Morgan fingerprint density at radius 2 is 1.81 bits per heavy atom. The van der Waals surface area contributed by atoms with Crippen molar-refractivity contribution in [3.63, 3.8) is 0 Å². The monoisotopic (exact) mass is 452 g/mol. The number of nitrogens with one attached hydrogen (secondary N) is 1. The quantitative estimate of drug-likeness (QED) is 0.649. The van der Waals surface area contributed by atoms with Crippen LogP contribution >= 0.6 is 0 Å². The number of halogens is 3. The molecule has 1 aromatic carbocycles. The van der Waals surface area contributed by atoms with E-state index < -0.39 is 23.4 Å². The van der Waals surface area contributed by atoms with Gasteiger partial charge in [-0.15, -0.1) is 0 Å². The molecule has 1 aromatic heterocycles. The van der Waals surface area contributed by atoms with Crippen LogP contribution in [0.2, 0.25) is 0 Å². The van der Waals surface area contributed by atoms with Crippen molar-refractivity contribution in [3.8, 4) is 5.69 Å². The summed E-state index contributed by atoms with van der Waals surface area (Å²) in [7, 11) is 4.00. The van der Waals surface area contributed by atoms with Gasteiger partial charge in [0, 0.05) is 17.6 Å². The van der Waals surface area contributed by atoms with Gasteiger partial charge in [0.25, 0.3) is 5.91 Å². The number of amides is 1. The number of benzene rings is 1. The molecule has 174 valence electrons. The Hall–Kier alpha value is -2.88. The van der Waals surface area contributed by atoms with Crippen LogP contribution in [0.3, 0.4) is 0 Å². The minimum absolute atomic E-state index is 0.0553. The van der Waals surface area contributed by atoms with Crippen LogP contribution in [0.15, 0.2) is 30.5 Å². The Bertz CT molecular complexity index is 962. The summed E-state index contributed by atoms with van der Waals surface area (Å²) in [6, 6.07) is 5.60. The first-order valence-corrected chi connectivity index (χ1v) is 10.5. The summed E-state index contributed by atoms with van der Waals surface area (Å²) in [5.74, 6) is -1.39. The number of rotatable bonds is 7. The lowest BCUT2D eigenvalue weighted by Crippen LogP contribution is -2.50. The normalized spacial score (nSPS) is 15.7. The van der Waals surface area contributed by atoms with Crippen LogP contribution in [0.1, 0.15) is 59.0 Å². The summed E-state index contributed by atoms with van der Waals surface area (Å²) in [4.78, 5) is 26.7. The summed E-state index contributed by atoms with van der Waals surface area (Å²) < 4.78 is 46.3. The van der Waals surface area contributed by atoms with Gasteiger partial charge in [0.15, 0.2) is 5.69 Å². The molecule has 1 aliphatic carbocycles. The summed E-state index contributed by atoms with van der Waals surface area (Å²) in [6.45, 7) is 1.95. The number of carbonyl (C=O) groups excluding carboxylic acids is 2. The molecule has 1 fully saturated rings. The molecule has 1 heterocycles. The van der Waals surface area contributed by atoms with Crippen LogP contribution in [-0.4, -0.2) is 59.3 Å². The maximum absolute atomic E-state index is 13.6. The van der Waals surface area contributed by atoms with Crippen LogP contribution in [0.4, 0.5) is 13.2 Å². The predicted octanol–water partition coefficient (Wildman–Crippen LogP) is 3.67. The van der Waals surface area contributed by atoms with Gasteiger partial charge in [-0.3, -0.25) is 4.79 Å². The third-order valence-corrected chi connectivity index (χ3v) is 5.97. The average Bonchev–Trinajstić information content (AvgIpc) is 3.40. The highest BCUT2D eigenvalue weighted by molar-refractivity contribution is 5.94. The van der Waals surface area contributed by atoms with Crippen molar-refractivity contribution in [2.24, 2.45) is 0 Å². The molecule has 0 aliphatic heterocycles. The maximum Gasteiger partial charge on any atom is 0.434 e. The van der Waals surface area contributed by atoms with Crippen molar-refractivity contribution in [3.05, 3.63) is 47.3 Å². The maximum atomic E-state index is 13.6. The van der Waals surface area contributed by atoms with Gasteiger partial charge in [0.2, 0.25) is 0 Å². The van der Waals surface area contributed by atoms with Crippen molar-refractivity contribution in [2.45, 2.75) is 44.3 Å². The van der Waals surface area contributed by atoms with Gasteiger partial charge in [0.05, 0.1) is 18.5 Å². The fraction of sp³-hybridized carbons (Fsp3) is 0.500. The van der Waals surface area contributed by atoms with Crippen LogP contribution in [-0.2, 0) is 10.9 Å². The fourth-order valence-electron chi connectivity index (χ4n) is 4.09. The van der Waals surface area contributed by atoms with Gasteiger partial charge < -0.3 is 15.0 Å². The van der Waals surface area contributed by atoms with E-state index in [2.05, 4.69) is 15.3 Å². The lowest BCUT2D eigenvalue weighted by atomic mass is 9.96. The van der Waals surface area contributed by atoms with Gasteiger partial charge >= 0.3 is 12.1 Å². The van der Waals surface area contributed by atoms with Gasteiger partial charge in [-0.25, -0.2) is 9.48 Å². The number of likely N-dealkylation sites (N-methyl/N-ethyl adjacent to an activating group) is 1. The molecular weight excluding hydrogens is 425 g/mol. The second-order valence-electron chi connectivity index (χ2n) is 8.09. The standard InChI is InChI=1S/C22H27F3N4O3/c1-4-32-20(31)17-13-27-29(18(17)22(23,24)25)16-9-7-15(8-10-16)19(30)26-14-21(28(2)3)11-5-6-12-21/h7-10,13H,4-6,11-12,14H2,1-3H3,(H,26,30). The number of carbonyl (C=O) groups is 2. The third kappa shape index (κ3) is 4.79. The second kappa shape index (κ2) is 9.32. The first kappa shape index (κ1) is 23.8. The summed E-state index contributed by atoms with van der Waals surface area (Å²) in [5.41, 5.74) is -1.55. The Labute approximate surface area is 184 Å². The smallest absolute Gasteiger partial charge is 0.434 e. The number of aromatic nitrogens is 2. The van der Waals surface area contributed by atoms with E-state index in [0.717, 1.165) is 31.9 Å². The van der Waals surface area contributed by atoms with E-state index in [1.54, 1.807) is 0 Å². The van der Waals surface area contributed by atoms with E-state index in [-0.39, 0.29) is 23.7 Å². The molecule has 2 aromatic rings. The zero-order valence-electron chi connectivity index (χ0n) is 18.3. The van der Waals surface area contributed by atoms with Crippen molar-refractivity contribution in [1.29, 1.82) is 0 Å². The first-order chi connectivity index (χ1) is 15.1. The lowest BCUT2D eigenvalue weighted by Gasteiger charge is -2.36. The molecule has 32 heavy (non-hydrogen) atoms. The highest BCUT2D eigenvalue weighted by atomic mass is 19.4. The molecule has 1 saturated carbocycles. The molecule has 7 nitrogen and oxygen atoms in total. The van der Waals surface area contributed by atoms with E-state index >= 15 is 0 Å². The summed E-state index contributed by atoms with van der Waals surface area (Å²) in [5, 5.41) is 6.68.